The van der Waals surface area contributed by atoms with Crippen molar-refractivity contribution in [3.8, 4) is 0 Å². The Labute approximate surface area is 139 Å². The zero-order chi connectivity index (χ0) is 15.2. The summed E-state index contributed by atoms with van der Waals surface area (Å²) in [6.45, 7) is 7.39. The molecule has 4 nitrogen and oxygen atoms in total. The standard InChI is InChI=1S/C16H21IN4/c1-4-9-18-15-14(11(2)3)16(20-10-19-15)21-13-7-5-12(17)6-8-13/h5-8,10-11H,4,9H2,1-3H3,(H2,18,19,20,21). The molecular weight excluding hydrogens is 375 g/mol. The van der Waals surface area contributed by atoms with Gasteiger partial charge in [0.1, 0.15) is 18.0 Å². The molecule has 0 saturated carbocycles. The number of benzene rings is 1. The van der Waals surface area contributed by atoms with Crippen molar-refractivity contribution < 1.29 is 0 Å². The van der Waals surface area contributed by atoms with E-state index in [9.17, 15) is 0 Å². The molecule has 0 aliphatic carbocycles. The number of nitrogens with zero attached hydrogens (tertiary/aromatic N) is 2. The molecule has 1 aromatic heterocycles. The summed E-state index contributed by atoms with van der Waals surface area (Å²) in [5.41, 5.74) is 2.17. The predicted molar refractivity (Wildman–Crippen MR) is 97.3 cm³/mol. The van der Waals surface area contributed by atoms with E-state index in [1.165, 1.54) is 3.57 Å². The molecule has 21 heavy (non-hydrogen) atoms. The maximum absolute atomic E-state index is 4.42. The lowest BCUT2D eigenvalue weighted by molar-refractivity contribution is 0.844. The van der Waals surface area contributed by atoms with E-state index in [2.05, 4.69) is 88.2 Å². The fraction of sp³-hybridized carbons (Fsp3) is 0.375. The van der Waals surface area contributed by atoms with E-state index in [1.807, 2.05) is 0 Å². The van der Waals surface area contributed by atoms with E-state index >= 15 is 0 Å². The third kappa shape index (κ3) is 4.30. The zero-order valence-corrected chi connectivity index (χ0v) is 14.8. The molecule has 0 atom stereocenters. The van der Waals surface area contributed by atoms with E-state index in [0.29, 0.717) is 5.92 Å². The van der Waals surface area contributed by atoms with E-state index in [4.69, 9.17) is 0 Å². The highest BCUT2D eigenvalue weighted by atomic mass is 127. The monoisotopic (exact) mass is 396 g/mol. The fourth-order valence-corrected chi connectivity index (χ4v) is 2.46. The Balaban J connectivity index is 2.31. The summed E-state index contributed by atoms with van der Waals surface area (Å²) < 4.78 is 1.22. The molecule has 5 heteroatoms. The number of hydrogen-bond acceptors (Lipinski definition) is 4. The molecule has 0 amide bonds. The molecule has 0 unspecified atom stereocenters. The second kappa shape index (κ2) is 7.59. The first-order chi connectivity index (χ1) is 10.1. The summed E-state index contributed by atoms with van der Waals surface area (Å²) in [5.74, 6) is 2.14. The molecule has 2 rings (SSSR count). The van der Waals surface area contributed by atoms with Crippen LogP contribution < -0.4 is 10.6 Å². The van der Waals surface area contributed by atoms with Crippen LogP contribution in [0.15, 0.2) is 30.6 Å². The molecule has 0 aliphatic rings. The molecule has 0 spiro atoms. The van der Waals surface area contributed by atoms with Gasteiger partial charge < -0.3 is 10.6 Å². The van der Waals surface area contributed by atoms with Gasteiger partial charge in [-0.1, -0.05) is 20.8 Å². The van der Waals surface area contributed by atoms with Crippen molar-refractivity contribution in [3.63, 3.8) is 0 Å². The first kappa shape index (κ1) is 16.0. The molecule has 1 aromatic carbocycles. The Bertz CT molecular complexity index is 581. The topological polar surface area (TPSA) is 49.8 Å². The van der Waals surface area contributed by atoms with Gasteiger partial charge in [0, 0.05) is 21.4 Å². The van der Waals surface area contributed by atoms with Crippen LogP contribution in [0, 0.1) is 3.57 Å². The SMILES string of the molecule is CCCNc1ncnc(Nc2ccc(I)cc2)c1C(C)C. The third-order valence-corrected chi connectivity index (χ3v) is 3.83. The lowest BCUT2D eigenvalue weighted by Crippen LogP contribution is -2.10. The van der Waals surface area contributed by atoms with Gasteiger partial charge in [-0.2, -0.15) is 0 Å². The average molecular weight is 396 g/mol. The maximum atomic E-state index is 4.42. The van der Waals surface area contributed by atoms with Crippen LogP contribution in [-0.4, -0.2) is 16.5 Å². The van der Waals surface area contributed by atoms with Crippen LogP contribution in [0.25, 0.3) is 0 Å². The predicted octanol–water partition coefficient (Wildman–Crippen LogP) is 4.77. The largest absolute Gasteiger partial charge is 0.370 e. The number of aromatic nitrogens is 2. The zero-order valence-electron chi connectivity index (χ0n) is 12.7. The molecule has 0 saturated heterocycles. The highest BCUT2D eigenvalue weighted by Gasteiger charge is 2.14. The van der Waals surface area contributed by atoms with Crippen LogP contribution in [-0.2, 0) is 0 Å². The van der Waals surface area contributed by atoms with Crippen molar-refractivity contribution in [1.82, 2.24) is 9.97 Å². The highest BCUT2D eigenvalue weighted by molar-refractivity contribution is 14.1. The van der Waals surface area contributed by atoms with Crippen LogP contribution in [0.3, 0.4) is 0 Å². The van der Waals surface area contributed by atoms with E-state index < -0.39 is 0 Å². The van der Waals surface area contributed by atoms with Crippen LogP contribution in [0.4, 0.5) is 17.3 Å². The summed E-state index contributed by atoms with van der Waals surface area (Å²) >= 11 is 2.30. The molecule has 2 N–H and O–H groups in total. The first-order valence-electron chi connectivity index (χ1n) is 7.23. The molecule has 0 radical (unpaired) electrons. The highest BCUT2D eigenvalue weighted by Crippen LogP contribution is 2.30. The van der Waals surface area contributed by atoms with E-state index in [0.717, 1.165) is 35.9 Å². The summed E-state index contributed by atoms with van der Waals surface area (Å²) in [7, 11) is 0. The fourth-order valence-electron chi connectivity index (χ4n) is 2.10. The lowest BCUT2D eigenvalue weighted by atomic mass is 10.0. The van der Waals surface area contributed by atoms with Gasteiger partial charge in [-0.15, -0.1) is 0 Å². The minimum Gasteiger partial charge on any atom is -0.370 e. The van der Waals surface area contributed by atoms with Gasteiger partial charge in [-0.25, -0.2) is 9.97 Å². The maximum Gasteiger partial charge on any atom is 0.139 e. The second-order valence-electron chi connectivity index (χ2n) is 5.20. The average Bonchev–Trinajstić information content (AvgIpc) is 2.47. The number of nitrogens with one attached hydrogen (secondary N) is 2. The number of hydrogen-bond donors (Lipinski definition) is 2. The van der Waals surface area contributed by atoms with Gasteiger partial charge >= 0.3 is 0 Å². The van der Waals surface area contributed by atoms with Gasteiger partial charge in [0.25, 0.3) is 0 Å². The summed E-state index contributed by atoms with van der Waals surface area (Å²) in [5, 5.41) is 6.79. The first-order valence-corrected chi connectivity index (χ1v) is 8.31. The van der Waals surface area contributed by atoms with Crippen molar-refractivity contribution in [2.24, 2.45) is 0 Å². The normalized spacial score (nSPS) is 10.7. The number of rotatable bonds is 6. The van der Waals surface area contributed by atoms with Crippen molar-refractivity contribution >= 4 is 39.9 Å². The Morgan fingerprint density at radius 3 is 2.38 bits per heavy atom. The van der Waals surface area contributed by atoms with Gasteiger partial charge in [-0.05, 0) is 59.2 Å². The van der Waals surface area contributed by atoms with Crippen LogP contribution >= 0.6 is 22.6 Å². The Kier molecular flexibility index (Phi) is 5.78. The number of halogens is 1. The molecule has 0 bridgehead atoms. The summed E-state index contributed by atoms with van der Waals surface area (Å²) in [6.07, 6.45) is 2.68. The van der Waals surface area contributed by atoms with Crippen LogP contribution in [0.1, 0.15) is 38.7 Å². The number of anilines is 3. The Morgan fingerprint density at radius 2 is 1.76 bits per heavy atom. The quantitative estimate of drug-likeness (QED) is 0.691. The van der Waals surface area contributed by atoms with Crippen molar-refractivity contribution in [3.05, 3.63) is 39.7 Å². The molecule has 1 heterocycles. The van der Waals surface area contributed by atoms with Gasteiger partial charge in [0.05, 0.1) is 0 Å². The second-order valence-corrected chi connectivity index (χ2v) is 6.44. The van der Waals surface area contributed by atoms with Gasteiger partial charge in [0.2, 0.25) is 0 Å². The minimum atomic E-state index is 0.344. The molecular formula is C16H21IN4. The minimum absolute atomic E-state index is 0.344. The summed E-state index contributed by atoms with van der Waals surface area (Å²) in [6, 6.07) is 8.28. The van der Waals surface area contributed by atoms with Gasteiger partial charge in [-0.3, -0.25) is 0 Å². The van der Waals surface area contributed by atoms with Crippen molar-refractivity contribution in [1.29, 1.82) is 0 Å². The van der Waals surface area contributed by atoms with Crippen LogP contribution in [0.2, 0.25) is 0 Å². The Hall–Kier alpha value is -1.37. The molecule has 112 valence electrons. The molecule has 0 aliphatic heterocycles. The van der Waals surface area contributed by atoms with Gasteiger partial charge in [0.15, 0.2) is 0 Å². The Morgan fingerprint density at radius 1 is 1.10 bits per heavy atom. The molecule has 0 fully saturated rings. The third-order valence-electron chi connectivity index (χ3n) is 3.11. The summed E-state index contributed by atoms with van der Waals surface area (Å²) in [4.78, 5) is 8.81. The van der Waals surface area contributed by atoms with Crippen molar-refractivity contribution in [2.75, 3.05) is 17.2 Å². The van der Waals surface area contributed by atoms with Crippen LogP contribution in [0.5, 0.6) is 0 Å². The molecule has 2 aromatic rings. The van der Waals surface area contributed by atoms with Crippen molar-refractivity contribution in [2.45, 2.75) is 33.1 Å². The smallest absolute Gasteiger partial charge is 0.139 e. The van der Waals surface area contributed by atoms with E-state index in [-0.39, 0.29) is 0 Å². The lowest BCUT2D eigenvalue weighted by Gasteiger charge is -2.17. The van der Waals surface area contributed by atoms with E-state index in [1.54, 1.807) is 6.33 Å².